The molecule has 0 saturated carbocycles. The molecule has 152 valence electrons. The normalized spacial score (nSPS) is 24.6. The number of benzene rings is 1. The molecular formula is C21H29N3O4. The van der Waals surface area contributed by atoms with Gasteiger partial charge in [-0.2, -0.15) is 0 Å². The van der Waals surface area contributed by atoms with Crippen molar-refractivity contribution >= 4 is 11.8 Å². The van der Waals surface area contributed by atoms with Gasteiger partial charge in [-0.3, -0.25) is 9.59 Å². The summed E-state index contributed by atoms with van der Waals surface area (Å²) in [6, 6.07) is 7.88. The van der Waals surface area contributed by atoms with E-state index in [2.05, 4.69) is 5.32 Å². The smallest absolute Gasteiger partial charge is 0.253 e. The molecule has 2 amide bonds. The Labute approximate surface area is 166 Å². The molecule has 28 heavy (non-hydrogen) atoms. The zero-order valence-electron chi connectivity index (χ0n) is 16.5. The molecule has 3 heterocycles. The van der Waals surface area contributed by atoms with Gasteiger partial charge in [0.2, 0.25) is 5.91 Å². The average Bonchev–Trinajstić information content (AvgIpc) is 3.03. The first kappa shape index (κ1) is 19.2. The Morgan fingerprint density at radius 3 is 2.89 bits per heavy atom. The number of nitrogens with zero attached hydrogens (tertiary/aromatic N) is 2. The van der Waals surface area contributed by atoms with E-state index >= 15 is 0 Å². The van der Waals surface area contributed by atoms with E-state index in [4.69, 9.17) is 9.47 Å². The highest BCUT2D eigenvalue weighted by Gasteiger charge is 2.45. The van der Waals surface area contributed by atoms with Crippen LogP contribution in [0, 0.1) is 5.41 Å². The van der Waals surface area contributed by atoms with Crippen LogP contribution in [0.5, 0.6) is 5.75 Å². The Kier molecular flexibility index (Phi) is 5.55. The number of ether oxygens (including phenoxy) is 2. The summed E-state index contributed by atoms with van der Waals surface area (Å²) in [5.41, 5.74) is 1.08. The Balaban J connectivity index is 1.34. The number of nitrogens with one attached hydrogen (secondary N) is 1. The Morgan fingerprint density at radius 2 is 2.18 bits per heavy atom. The molecule has 0 aliphatic carbocycles. The first-order valence-corrected chi connectivity index (χ1v) is 10.1. The number of morpholine rings is 1. The van der Waals surface area contributed by atoms with Gasteiger partial charge in [-0.15, -0.1) is 0 Å². The molecule has 0 unspecified atom stereocenters. The number of likely N-dealkylation sites (tertiary alicyclic amines) is 2. The molecule has 3 aliphatic heterocycles. The standard InChI is InChI=1S/C21H29N3O4/c1-27-17-4-2-3-16(11-17)14-24-15-21(12-19(24)25)5-8-23(9-6-21)20(26)18-13-22-7-10-28-18/h2-4,11,18,22H,5-10,12-15H2,1H3/t18-/m1/s1. The summed E-state index contributed by atoms with van der Waals surface area (Å²) in [4.78, 5) is 29.2. The molecule has 1 aromatic carbocycles. The van der Waals surface area contributed by atoms with Crippen LogP contribution in [0.1, 0.15) is 24.8 Å². The van der Waals surface area contributed by atoms with E-state index in [1.807, 2.05) is 34.1 Å². The van der Waals surface area contributed by atoms with E-state index in [0.29, 0.717) is 39.2 Å². The molecule has 1 aromatic rings. The number of methoxy groups -OCH3 is 1. The number of carbonyl (C=O) groups is 2. The Bertz CT molecular complexity index is 724. The van der Waals surface area contributed by atoms with Crippen molar-refractivity contribution in [2.75, 3.05) is 46.4 Å². The maximum atomic E-state index is 12.7. The number of carbonyl (C=O) groups excluding carboxylic acids is 2. The molecule has 0 radical (unpaired) electrons. The van der Waals surface area contributed by atoms with Crippen LogP contribution in [0.2, 0.25) is 0 Å². The zero-order chi connectivity index (χ0) is 19.6. The van der Waals surface area contributed by atoms with Crippen molar-refractivity contribution in [1.29, 1.82) is 0 Å². The third-order valence-corrected chi connectivity index (χ3v) is 6.25. The first-order valence-electron chi connectivity index (χ1n) is 10.1. The molecule has 3 saturated heterocycles. The molecule has 0 bridgehead atoms. The number of rotatable bonds is 4. The van der Waals surface area contributed by atoms with Crippen molar-refractivity contribution in [1.82, 2.24) is 15.1 Å². The van der Waals surface area contributed by atoms with Crippen LogP contribution in [-0.2, 0) is 20.9 Å². The highest BCUT2D eigenvalue weighted by atomic mass is 16.5. The lowest BCUT2D eigenvalue weighted by molar-refractivity contribution is -0.147. The van der Waals surface area contributed by atoms with Crippen molar-refractivity contribution < 1.29 is 19.1 Å². The molecule has 4 rings (SSSR count). The van der Waals surface area contributed by atoms with Crippen molar-refractivity contribution in [2.24, 2.45) is 5.41 Å². The van der Waals surface area contributed by atoms with Crippen LogP contribution in [0.4, 0.5) is 0 Å². The fourth-order valence-electron chi connectivity index (χ4n) is 4.58. The summed E-state index contributed by atoms with van der Waals surface area (Å²) in [6.45, 7) is 4.78. The predicted octanol–water partition coefficient (Wildman–Crippen LogP) is 1.02. The monoisotopic (exact) mass is 387 g/mol. The second-order valence-corrected chi connectivity index (χ2v) is 8.17. The summed E-state index contributed by atoms with van der Waals surface area (Å²) < 4.78 is 10.9. The topological polar surface area (TPSA) is 71.1 Å². The third kappa shape index (κ3) is 4.00. The highest BCUT2D eigenvalue weighted by molar-refractivity contribution is 5.82. The molecule has 3 fully saturated rings. The lowest BCUT2D eigenvalue weighted by Gasteiger charge is -2.40. The van der Waals surface area contributed by atoms with Gasteiger partial charge in [0.15, 0.2) is 0 Å². The van der Waals surface area contributed by atoms with Gasteiger partial charge >= 0.3 is 0 Å². The number of hydrogen-bond acceptors (Lipinski definition) is 5. The summed E-state index contributed by atoms with van der Waals surface area (Å²) in [5.74, 6) is 1.10. The average molecular weight is 387 g/mol. The minimum absolute atomic E-state index is 0.00159. The van der Waals surface area contributed by atoms with E-state index in [9.17, 15) is 9.59 Å². The van der Waals surface area contributed by atoms with Gasteiger partial charge in [0.25, 0.3) is 5.91 Å². The summed E-state index contributed by atoms with van der Waals surface area (Å²) in [7, 11) is 1.65. The van der Waals surface area contributed by atoms with E-state index in [1.54, 1.807) is 7.11 Å². The fraction of sp³-hybridized carbons (Fsp3) is 0.619. The molecule has 1 atom stereocenters. The Hall–Kier alpha value is -2.12. The zero-order valence-corrected chi connectivity index (χ0v) is 16.5. The molecule has 7 nitrogen and oxygen atoms in total. The minimum atomic E-state index is -0.363. The second kappa shape index (κ2) is 8.09. The Morgan fingerprint density at radius 1 is 1.36 bits per heavy atom. The lowest BCUT2D eigenvalue weighted by atomic mass is 9.77. The maximum Gasteiger partial charge on any atom is 0.253 e. The first-order chi connectivity index (χ1) is 13.6. The van der Waals surface area contributed by atoms with Crippen molar-refractivity contribution in [2.45, 2.75) is 31.9 Å². The molecule has 3 aliphatic rings. The van der Waals surface area contributed by atoms with Gasteiger partial charge in [-0.05, 0) is 30.5 Å². The van der Waals surface area contributed by atoms with Gasteiger partial charge in [0.05, 0.1) is 13.7 Å². The summed E-state index contributed by atoms with van der Waals surface area (Å²) in [6.07, 6.45) is 1.97. The predicted molar refractivity (Wildman–Crippen MR) is 104 cm³/mol. The quantitative estimate of drug-likeness (QED) is 0.836. The summed E-state index contributed by atoms with van der Waals surface area (Å²) in [5, 5.41) is 3.21. The molecule has 7 heteroatoms. The summed E-state index contributed by atoms with van der Waals surface area (Å²) >= 11 is 0. The molecule has 1 spiro atoms. The van der Waals surface area contributed by atoms with Crippen LogP contribution in [0.25, 0.3) is 0 Å². The molecular weight excluding hydrogens is 358 g/mol. The van der Waals surface area contributed by atoms with Crippen molar-refractivity contribution in [3.05, 3.63) is 29.8 Å². The second-order valence-electron chi connectivity index (χ2n) is 8.17. The highest BCUT2D eigenvalue weighted by Crippen LogP contribution is 2.41. The van der Waals surface area contributed by atoms with Gasteiger partial charge in [0, 0.05) is 51.1 Å². The molecule has 0 aromatic heterocycles. The minimum Gasteiger partial charge on any atom is -0.497 e. The van der Waals surface area contributed by atoms with Gasteiger partial charge in [-0.1, -0.05) is 12.1 Å². The fourth-order valence-corrected chi connectivity index (χ4v) is 4.58. The van der Waals surface area contributed by atoms with Crippen LogP contribution < -0.4 is 10.1 Å². The number of amides is 2. The lowest BCUT2D eigenvalue weighted by Crippen LogP contribution is -2.52. The van der Waals surface area contributed by atoms with Crippen LogP contribution in [-0.4, -0.2) is 74.2 Å². The van der Waals surface area contributed by atoms with Crippen molar-refractivity contribution in [3.63, 3.8) is 0 Å². The van der Waals surface area contributed by atoms with Gasteiger partial charge in [-0.25, -0.2) is 0 Å². The van der Waals surface area contributed by atoms with E-state index in [-0.39, 0.29) is 23.3 Å². The van der Waals surface area contributed by atoms with E-state index in [1.165, 1.54) is 0 Å². The van der Waals surface area contributed by atoms with Crippen LogP contribution >= 0.6 is 0 Å². The number of piperidine rings is 1. The maximum absolute atomic E-state index is 12.7. The number of hydrogen-bond donors (Lipinski definition) is 1. The van der Waals surface area contributed by atoms with Crippen molar-refractivity contribution in [3.8, 4) is 5.75 Å². The molecule has 1 N–H and O–H groups in total. The third-order valence-electron chi connectivity index (χ3n) is 6.25. The van der Waals surface area contributed by atoms with E-state index in [0.717, 1.165) is 37.2 Å². The van der Waals surface area contributed by atoms with Gasteiger partial charge < -0.3 is 24.6 Å². The van der Waals surface area contributed by atoms with Gasteiger partial charge in [0.1, 0.15) is 11.9 Å². The van der Waals surface area contributed by atoms with E-state index < -0.39 is 0 Å². The van der Waals surface area contributed by atoms with Crippen LogP contribution in [0.15, 0.2) is 24.3 Å². The SMILES string of the molecule is COc1cccc(CN2CC3(CCN(C(=O)[C@H]4CNCCO4)CC3)CC2=O)c1. The largest absolute Gasteiger partial charge is 0.497 e. The van der Waals surface area contributed by atoms with Crippen LogP contribution in [0.3, 0.4) is 0 Å².